The molecule has 0 saturated carbocycles. The minimum absolute atomic E-state index is 0.184. The average molecular weight is 318 g/mol. The van der Waals surface area contributed by atoms with Crippen LogP contribution in [0.4, 0.5) is 10.5 Å². The lowest BCUT2D eigenvalue weighted by atomic mass is 10.1. The maximum atomic E-state index is 12.1. The van der Waals surface area contributed by atoms with E-state index in [1.165, 1.54) is 0 Å². The average Bonchev–Trinajstić information content (AvgIpc) is 3.01. The van der Waals surface area contributed by atoms with Gasteiger partial charge < -0.3 is 20.1 Å². The molecule has 2 rings (SSSR count). The summed E-state index contributed by atoms with van der Waals surface area (Å²) in [7, 11) is 3.17. The highest BCUT2D eigenvalue weighted by atomic mass is 16.5. The van der Waals surface area contributed by atoms with Gasteiger partial charge in [-0.15, -0.1) is 0 Å². The number of carbonyl (C=O) groups excluding carboxylic acids is 1. The molecule has 1 atom stereocenters. The predicted molar refractivity (Wildman–Crippen MR) is 88.0 cm³/mol. The van der Waals surface area contributed by atoms with Crippen molar-refractivity contribution in [1.29, 1.82) is 0 Å². The SMILES string of the molecule is CCn1cc(NC(=O)NC(C)c2ccc(OC)c(OC)c2)cn1. The fourth-order valence-corrected chi connectivity index (χ4v) is 2.17. The van der Waals surface area contributed by atoms with E-state index in [-0.39, 0.29) is 12.1 Å². The van der Waals surface area contributed by atoms with E-state index in [1.54, 1.807) is 31.3 Å². The largest absolute Gasteiger partial charge is 0.493 e. The Morgan fingerprint density at radius 2 is 2.04 bits per heavy atom. The molecule has 2 aromatic rings. The van der Waals surface area contributed by atoms with Crippen LogP contribution in [0.5, 0.6) is 11.5 Å². The summed E-state index contributed by atoms with van der Waals surface area (Å²) in [5.41, 5.74) is 1.57. The standard InChI is InChI=1S/C16H22N4O3/c1-5-20-10-13(9-17-20)19-16(21)18-11(2)12-6-7-14(22-3)15(8-12)23-4/h6-11H,5H2,1-4H3,(H2,18,19,21). The number of hydrogen-bond acceptors (Lipinski definition) is 4. The fourth-order valence-electron chi connectivity index (χ4n) is 2.17. The zero-order chi connectivity index (χ0) is 16.8. The first-order valence-electron chi connectivity index (χ1n) is 7.39. The van der Waals surface area contributed by atoms with Crippen LogP contribution >= 0.6 is 0 Å². The van der Waals surface area contributed by atoms with E-state index in [2.05, 4.69) is 15.7 Å². The number of hydrogen-bond donors (Lipinski definition) is 2. The lowest BCUT2D eigenvalue weighted by Gasteiger charge is -2.16. The molecule has 0 aliphatic carbocycles. The molecule has 124 valence electrons. The number of anilines is 1. The Hall–Kier alpha value is -2.70. The summed E-state index contributed by atoms with van der Waals surface area (Å²) in [6.07, 6.45) is 3.39. The van der Waals surface area contributed by atoms with Gasteiger partial charge in [-0.05, 0) is 31.5 Å². The molecule has 2 N–H and O–H groups in total. The molecule has 0 aliphatic heterocycles. The third-order valence-corrected chi connectivity index (χ3v) is 3.47. The molecule has 0 radical (unpaired) electrons. The van der Waals surface area contributed by atoms with Crippen molar-refractivity contribution < 1.29 is 14.3 Å². The van der Waals surface area contributed by atoms with Crippen molar-refractivity contribution in [3.63, 3.8) is 0 Å². The number of nitrogens with zero attached hydrogens (tertiary/aromatic N) is 2. The molecule has 7 heteroatoms. The topological polar surface area (TPSA) is 77.4 Å². The first-order chi connectivity index (χ1) is 11.1. The highest BCUT2D eigenvalue weighted by molar-refractivity contribution is 5.89. The number of carbonyl (C=O) groups is 1. The molecular weight excluding hydrogens is 296 g/mol. The summed E-state index contributed by atoms with van der Waals surface area (Å²) in [5, 5.41) is 9.75. The van der Waals surface area contributed by atoms with Gasteiger partial charge in [-0.3, -0.25) is 4.68 Å². The van der Waals surface area contributed by atoms with Crippen LogP contribution in [0, 0.1) is 0 Å². The number of aromatic nitrogens is 2. The summed E-state index contributed by atoms with van der Waals surface area (Å²) >= 11 is 0. The minimum Gasteiger partial charge on any atom is -0.493 e. The number of amides is 2. The Kier molecular flexibility index (Phi) is 5.46. The maximum absolute atomic E-state index is 12.1. The Morgan fingerprint density at radius 1 is 1.30 bits per heavy atom. The molecule has 23 heavy (non-hydrogen) atoms. The number of rotatable bonds is 6. The smallest absolute Gasteiger partial charge is 0.319 e. The molecule has 0 aliphatic rings. The van der Waals surface area contributed by atoms with Gasteiger partial charge in [0.15, 0.2) is 11.5 Å². The number of ether oxygens (including phenoxy) is 2. The summed E-state index contributed by atoms with van der Waals surface area (Å²) in [6, 6.07) is 5.08. The van der Waals surface area contributed by atoms with E-state index >= 15 is 0 Å². The van der Waals surface area contributed by atoms with Crippen molar-refractivity contribution >= 4 is 11.7 Å². The Bertz CT molecular complexity index is 669. The van der Waals surface area contributed by atoms with Gasteiger partial charge in [-0.25, -0.2) is 4.79 Å². The van der Waals surface area contributed by atoms with Crippen molar-refractivity contribution in [3.05, 3.63) is 36.2 Å². The summed E-state index contributed by atoms with van der Waals surface area (Å²) in [6.45, 7) is 4.64. The second kappa shape index (κ2) is 7.53. The van der Waals surface area contributed by atoms with E-state index in [0.717, 1.165) is 12.1 Å². The van der Waals surface area contributed by atoms with Crippen molar-refractivity contribution in [3.8, 4) is 11.5 Å². The summed E-state index contributed by atoms with van der Waals surface area (Å²) < 4.78 is 12.2. The van der Waals surface area contributed by atoms with Gasteiger partial charge in [0, 0.05) is 12.7 Å². The van der Waals surface area contributed by atoms with Gasteiger partial charge in [-0.2, -0.15) is 5.10 Å². The van der Waals surface area contributed by atoms with Crippen LogP contribution in [-0.4, -0.2) is 30.0 Å². The molecule has 2 amide bonds. The normalized spacial score (nSPS) is 11.7. The fraction of sp³-hybridized carbons (Fsp3) is 0.375. The van der Waals surface area contributed by atoms with Crippen molar-refractivity contribution in [1.82, 2.24) is 15.1 Å². The van der Waals surface area contributed by atoms with Gasteiger partial charge in [0.2, 0.25) is 0 Å². The van der Waals surface area contributed by atoms with E-state index < -0.39 is 0 Å². The van der Waals surface area contributed by atoms with Crippen molar-refractivity contribution in [2.45, 2.75) is 26.4 Å². The quantitative estimate of drug-likeness (QED) is 0.858. The third-order valence-electron chi connectivity index (χ3n) is 3.47. The van der Waals surface area contributed by atoms with Crippen molar-refractivity contribution in [2.24, 2.45) is 0 Å². The van der Waals surface area contributed by atoms with Crippen LogP contribution in [0.3, 0.4) is 0 Å². The predicted octanol–water partition coefficient (Wildman–Crippen LogP) is 2.80. The number of urea groups is 1. The molecule has 0 saturated heterocycles. The van der Waals surface area contributed by atoms with Gasteiger partial charge in [0.25, 0.3) is 0 Å². The number of aryl methyl sites for hydroxylation is 1. The zero-order valence-corrected chi connectivity index (χ0v) is 13.8. The molecule has 1 aromatic heterocycles. The highest BCUT2D eigenvalue weighted by Gasteiger charge is 2.13. The molecule has 7 nitrogen and oxygen atoms in total. The molecular formula is C16H22N4O3. The highest BCUT2D eigenvalue weighted by Crippen LogP contribution is 2.29. The first-order valence-corrected chi connectivity index (χ1v) is 7.39. The van der Waals surface area contributed by atoms with Gasteiger partial charge >= 0.3 is 6.03 Å². The lowest BCUT2D eigenvalue weighted by molar-refractivity contribution is 0.249. The van der Waals surface area contributed by atoms with Crippen molar-refractivity contribution in [2.75, 3.05) is 19.5 Å². The van der Waals surface area contributed by atoms with Crippen LogP contribution in [0.1, 0.15) is 25.5 Å². The third kappa shape index (κ3) is 4.15. The van der Waals surface area contributed by atoms with Crippen LogP contribution in [0.25, 0.3) is 0 Å². The first kappa shape index (κ1) is 16.7. The van der Waals surface area contributed by atoms with Crippen LogP contribution < -0.4 is 20.1 Å². The zero-order valence-electron chi connectivity index (χ0n) is 13.8. The van der Waals surface area contributed by atoms with Gasteiger partial charge in [0.1, 0.15) is 0 Å². The Balaban J connectivity index is 2.00. The van der Waals surface area contributed by atoms with E-state index in [0.29, 0.717) is 17.2 Å². The van der Waals surface area contributed by atoms with Crippen LogP contribution in [0.2, 0.25) is 0 Å². The molecule has 1 unspecified atom stereocenters. The van der Waals surface area contributed by atoms with Gasteiger partial charge in [-0.1, -0.05) is 6.07 Å². The summed E-state index contributed by atoms with van der Waals surface area (Å²) in [5.74, 6) is 1.28. The molecule has 0 spiro atoms. The second-order valence-electron chi connectivity index (χ2n) is 5.02. The monoisotopic (exact) mass is 318 g/mol. The lowest BCUT2D eigenvalue weighted by Crippen LogP contribution is -2.31. The molecule has 0 bridgehead atoms. The molecule has 1 aromatic carbocycles. The summed E-state index contributed by atoms with van der Waals surface area (Å²) in [4.78, 5) is 12.1. The second-order valence-corrected chi connectivity index (χ2v) is 5.02. The minimum atomic E-state index is -0.289. The van der Waals surface area contributed by atoms with E-state index in [1.807, 2.05) is 32.0 Å². The number of nitrogens with one attached hydrogen (secondary N) is 2. The van der Waals surface area contributed by atoms with Gasteiger partial charge in [0.05, 0.1) is 32.1 Å². The number of benzene rings is 1. The Morgan fingerprint density at radius 3 is 2.65 bits per heavy atom. The molecule has 1 heterocycles. The maximum Gasteiger partial charge on any atom is 0.319 e. The molecule has 0 fully saturated rings. The Labute approximate surface area is 135 Å². The number of methoxy groups -OCH3 is 2. The van der Waals surface area contributed by atoms with E-state index in [4.69, 9.17) is 9.47 Å². The van der Waals surface area contributed by atoms with Crippen LogP contribution in [-0.2, 0) is 6.54 Å². The van der Waals surface area contributed by atoms with E-state index in [9.17, 15) is 4.79 Å². The van der Waals surface area contributed by atoms with Crippen LogP contribution in [0.15, 0.2) is 30.6 Å².